The molecule has 25 heavy (non-hydrogen) atoms. The predicted octanol–water partition coefficient (Wildman–Crippen LogP) is 2.66. The van der Waals surface area contributed by atoms with Gasteiger partial charge in [0.2, 0.25) is 11.8 Å². The second-order valence-corrected chi connectivity index (χ2v) is 7.00. The summed E-state index contributed by atoms with van der Waals surface area (Å²) < 4.78 is 10.8. The van der Waals surface area contributed by atoms with E-state index in [4.69, 9.17) is 8.83 Å². The first kappa shape index (κ1) is 16.0. The van der Waals surface area contributed by atoms with Gasteiger partial charge in [0.15, 0.2) is 0 Å². The molecule has 3 heterocycles. The molecule has 1 aliphatic carbocycles. The van der Waals surface area contributed by atoms with Crippen LogP contribution in [-0.2, 0) is 22.7 Å². The Balaban J connectivity index is 1.45. The van der Waals surface area contributed by atoms with Crippen molar-refractivity contribution in [3.63, 3.8) is 0 Å². The van der Waals surface area contributed by atoms with Crippen molar-refractivity contribution in [1.82, 2.24) is 9.80 Å². The highest BCUT2D eigenvalue weighted by molar-refractivity contribution is 5.89. The highest BCUT2D eigenvalue weighted by atomic mass is 16.3. The van der Waals surface area contributed by atoms with Crippen LogP contribution in [0, 0.1) is 11.8 Å². The van der Waals surface area contributed by atoms with Gasteiger partial charge in [-0.25, -0.2) is 0 Å². The quantitative estimate of drug-likeness (QED) is 0.776. The van der Waals surface area contributed by atoms with Crippen LogP contribution in [-0.4, -0.2) is 34.7 Å². The minimum Gasteiger partial charge on any atom is -0.467 e. The largest absolute Gasteiger partial charge is 0.467 e. The average Bonchev–Trinajstić information content (AvgIpc) is 2.99. The van der Waals surface area contributed by atoms with Crippen LogP contribution in [0.4, 0.5) is 0 Å². The molecule has 0 aromatic carbocycles. The third-order valence-corrected chi connectivity index (χ3v) is 4.90. The Kier molecular flexibility index (Phi) is 4.34. The van der Waals surface area contributed by atoms with Crippen LogP contribution in [0.25, 0.3) is 0 Å². The minimum absolute atomic E-state index is 0.0144. The summed E-state index contributed by atoms with van der Waals surface area (Å²) in [5.74, 6) is 1.88. The standard InChI is InChI=1S/C19H22N2O4/c22-18-9-15(11-20(18)10-14-5-6-14)19(23)21(12-16-3-1-7-24-16)13-17-4-2-8-25-17/h1-4,7-8,14-15H,5-6,9-13H2/t15-/m1/s1. The lowest BCUT2D eigenvalue weighted by Crippen LogP contribution is -2.36. The fourth-order valence-electron chi connectivity index (χ4n) is 3.38. The summed E-state index contributed by atoms with van der Waals surface area (Å²) in [4.78, 5) is 28.9. The van der Waals surface area contributed by atoms with Gasteiger partial charge in [-0.1, -0.05) is 0 Å². The summed E-state index contributed by atoms with van der Waals surface area (Å²) in [5, 5.41) is 0. The van der Waals surface area contributed by atoms with E-state index in [9.17, 15) is 9.59 Å². The number of amides is 2. The first-order chi connectivity index (χ1) is 12.2. The number of carbonyl (C=O) groups is 2. The molecule has 0 radical (unpaired) electrons. The van der Waals surface area contributed by atoms with E-state index in [-0.39, 0.29) is 17.7 Å². The summed E-state index contributed by atoms with van der Waals surface area (Å²) in [7, 11) is 0. The number of nitrogens with zero attached hydrogens (tertiary/aromatic N) is 2. The normalized spacial score (nSPS) is 20.2. The molecule has 1 aliphatic heterocycles. The Morgan fingerprint density at radius 2 is 1.76 bits per heavy atom. The highest BCUT2D eigenvalue weighted by Gasteiger charge is 2.39. The maximum absolute atomic E-state index is 13.1. The molecule has 0 bridgehead atoms. The van der Waals surface area contributed by atoms with Crippen molar-refractivity contribution in [3.8, 4) is 0 Å². The fraction of sp³-hybridized carbons (Fsp3) is 0.474. The number of hydrogen-bond acceptors (Lipinski definition) is 4. The van der Waals surface area contributed by atoms with Crippen molar-refractivity contribution in [1.29, 1.82) is 0 Å². The molecule has 1 saturated carbocycles. The van der Waals surface area contributed by atoms with Gasteiger partial charge in [-0.2, -0.15) is 0 Å². The summed E-state index contributed by atoms with van der Waals surface area (Å²) in [6.45, 7) is 2.08. The van der Waals surface area contributed by atoms with Gasteiger partial charge in [-0.15, -0.1) is 0 Å². The van der Waals surface area contributed by atoms with Crippen LogP contribution in [0.2, 0.25) is 0 Å². The lowest BCUT2D eigenvalue weighted by atomic mass is 10.1. The zero-order valence-electron chi connectivity index (χ0n) is 14.1. The van der Waals surface area contributed by atoms with Gasteiger partial charge >= 0.3 is 0 Å². The van der Waals surface area contributed by atoms with Crippen LogP contribution in [0.3, 0.4) is 0 Å². The fourth-order valence-corrected chi connectivity index (χ4v) is 3.38. The molecule has 2 fully saturated rings. The number of furan rings is 2. The lowest BCUT2D eigenvalue weighted by Gasteiger charge is -2.24. The van der Waals surface area contributed by atoms with Crippen molar-refractivity contribution in [2.75, 3.05) is 13.1 Å². The molecule has 1 atom stereocenters. The molecule has 6 heteroatoms. The average molecular weight is 342 g/mol. The molecule has 0 unspecified atom stereocenters. The van der Waals surface area contributed by atoms with Crippen molar-refractivity contribution < 1.29 is 18.4 Å². The van der Waals surface area contributed by atoms with Crippen molar-refractivity contribution in [2.45, 2.75) is 32.4 Å². The van der Waals surface area contributed by atoms with Gasteiger partial charge in [0.1, 0.15) is 11.5 Å². The molecular formula is C19H22N2O4. The summed E-state index contributed by atoms with van der Waals surface area (Å²) in [6.07, 6.45) is 5.90. The number of hydrogen-bond donors (Lipinski definition) is 0. The van der Waals surface area contributed by atoms with E-state index in [1.165, 1.54) is 12.8 Å². The maximum Gasteiger partial charge on any atom is 0.228 e. The van der Waals surface area contributed by atoms with Gasteiger partial charge in [0.25, 0.3) is 0 Å². The Bertz CT molecular complexity index is 682. The minimum atomic E-state index is -0.281. The van der Waals surface area contributed by atoms with Crippen LogP contribution in [0.1, 0.15) is 30.8 Å². The Labute approximate surface area is 146 Å². The van der Waals surface area contributed by atoms with Gasteiger partial charge < -0.3 is 18.6 Å². The van der Waals surface area contributed by atoms with E-state index in [2.05, 4.69) is 0 Å². The van der Waals surface area contributed by atoms with E-state index in [1.54, 1.807) is 29.6 Å². The first-order valence-corrected chi connectivity index (χ1v) is 8.80. The molecule has 132 valence electrons. The Morgan fingerprint density at radius 1 is 1.12 bits per heavy atom. The number of carbonyl (C=O) groups excluding carboxylic acids is 2. The van der Waals surface area contributed by atoms with E-state index in [0.717, 1.165) is 18.1 Å². The lowest BCUT2D eigenvalue weighted by molar-refractivity contribution is -0.137. The monoisotopic (exact) mass is 342 g/mol. The SMILES string of the molecule is O=C1C[C@@H](C(=O)N(Cc2ccco2)Cc2ccco2)CN1CC1CC1. The van der Waals surface area contributed by atoms with Crippen LogP contribution in [0.15, 0.2) is 45.6 Å². The maximum atomic E-state index is 13.1. The molecule has 2 amide bonds. The topological polar surface area (TPSA) is 66.9 Å². The van der Waals surface area contributed by atoms with Crippen molar-refractivity contribution >= 4 is 11.8 Å². The van der Waals surface area contributed by atoms with E-state index >= 15 is 0 Å². The Hall–Kier alpha value is -2.50. The summed E-state index contributed by atoms with van der Waals surface area (Å²) in [6, 6.07) is 7.31. The molecule has 6 nitrogen and oxygen atoms in total. The van der Waals surface area contributed by atoms with Crippen LogP contribution in [0.5, 0.6) is 0 Å². The molecule has 2 aliphatic rings. The second kappa shape index (κ2) is 6.78. The van der Waals surface area contributed by atoms with Crippen LogP contribution >= 0.6 is 0 Å². The first-order valence-electron chi connectivity index (χ1n) is 8.80. The molecule has 2 aromatic heterocycles. The third kappa shape index (κ3) is 3.78. The predicted molar refractivity (Wildman–Crippen MR) is 89.1 cm³/mol. The van der Waals surface area contributed by atoms with Gasteiger partial charge in [-0.05, 0) is 43.0 Å². The second-order valence-electron chi connectivity index (χ2n) is 7.00. The van der Waals surface area contributed by atoms with Crippen molar-refractivity contribution in [2.24, 2.45) is 11.8 Å². The number of likely N-dealkylation sites (tertiary alicyclic amines) is 1. The highest BCUT2D eigenvalue weighted by Crippen LogP contribution is 2.32. The smallest absolute Gasteiger partial charge is 0.228 e. The molecule has 1 saturated heterocycles. The third-order valence-electron chi connectivity index (χ3n) is 4.90. The van der Waals surface area contributed by atoms with Gasteiger partial charge in [-0.3, -0.25) is 9.59 Å². The van der Waals surface area contributed by atoms with Crippen molar-refractivity contribution in [3.05, 3.63) is 48.3 Å². The molecular weight excluding hydrogens is 320 g/mol. The van der Waals surface area contributed by atoms with E-state index in [1.807, 2.05) is 17.0 Å². The zero-order chi connectivity index (χ0) is 17.2. The van der Waals surface area contributed by atoms with Gasteiger partial charge in [0, 0.05) is 19.5 Å². The summed E-state index contributed by atoms with van der Waals surface area (Å²) >= 11 is 0. The zero-order valence-corrected chi connectivity index (χ0v) is 14.1. The summed E-state index contributed by atoms with van der Waals surface area (Å²) in [5.41, 5.74) is 0. The van der Waals surface area contributed by atoms with Gasteiger partial charge in [0.05, 0.1) is 31.5 Å². The Morgan fingerprint density at radius 3 is 2.28 bits per heavy atom. The van der Waals surface area contributed by atoms with E-state index in [0.29, 0.717) is 32.0 Å². The molecule has 0 N–H and O–H groups in total. The molecule has 4 rings (SSSR count). The number of rotatable bonds is 7. The molecule has 0 spiro atoms. The van der Waals surface area contributed by atoms with E-state index < -0.39 is 0 Å². The molecule has 2 aromatic rings. The van der Waals surface area contributed by atoms with Crippen LogP contribution < -0.4 is 0 Å².